The summed E-state index contributed by atoms with van der Waals surface area (Å²) in [6.45, 7) is 6.61. The minimum absolute atomic E-state index is 0.0622. The molecule has 248 valence electrons. The zero-order valence-electron chi connectivity index (χ0n) is 27.4. The van der Waals surface area contributed by atoms with E-state index in [0.717, 1.165) is 48.1 Å². The van der Waals surface area contributed by atoms with Crippen LogP contribution in [0.2, 0.25) is 0 Å². The quantitative estimate of drug-likeness (QED) is 0.0957. The molecule has 1 saturated heterocycles. The fourth-order valence-corrected chi connectivity index (χ4v) is 7.01. The standard InChI is InChI=1S/C38H44IN3O5/c1-38(2,39)47-37(45)41-20-18-32(28-9-6-8-27(22-28)26-12-16-31(43)17-13-26)34(25-41)36(44)42(30-14-15-30)24-29-23-40(19-7-21-46-3)35-11-5-4-10-33(29)35/h4-6,8-13,16-17,22-23,30,32,34,43H,7,14-15,18-21,24-25H2,1-3H3/t32-,34+/m1/s1. The molecule has 1 saturated carbocycles. The molecule has 6 rings (SSSR count). The van der Waals surface area contributed by atoms with Crippen molar-refractivity contribution in [2.45, 2.75) is 68.2 Å². The average Bonchev–Trinajstić information content (AvgIpc) is 3.85. The highest BCUT2D eigenvalue weighted by atomic mass is 127. The first-order valence-corrected chi connectivity index (χ1v) is 17.6. The monoisotopic (exact) mass is 749 g/mol. The number of aromatic nitrogens is 1. The van der Waals surface area contributed by atoms with E-state index in [1.54, 1.807) is 24.1 Å². The molecule has 1 aliphatic carbocycles. The van der Waals surface area contributed by atoms with Crippen molar-refractivity contribution in [3.63, 3.8) is 0 Å². The summed E-state index contributed by atoms with van der Waals surface area (Å²) in [6.07, 6.45) is 5.36. The number of amides is 2. The van der Waals surface area contributed by atoms with Gasteiger partial charge in [0.2, 0.25) is 5.91 Å². The molecule has 2 aliphatic rings. The average molecular weight is 750 g/mol. The number of carbonyl (C=O) groups is 2. The van der Waals surface area contributed by atoms with Gasteiger partial charge in [-0.1, -0.05) is 54.6 Å². The number of carbonyl (C=O) groups excluding carboxylic acids is 2. The van der Waals surface area contributed by atoms with Gasteiger partial charge in [0, 0.05) is 63.0 Å². The number of hydrogen-bond acceptors (Lipinski definition) is 5. The Kier molecular flexibility index (Phi) is 10.1. The number of methoxy groups -OCH3 is 1. The molecular weight excluding hydrogens is 705 g/mol. The number of benzene rings is 3. The predicted octanol–water partition coefficient (Wildman–Crippen LogP) is 7.95. The van der Waals surface area contributed by atoms with Crippen molar-refractivity contribution < 1.29 is 24.2 Å². The van der Waals surface area contributed by atoms with Crippen molar-refractivity contribution in [3.05, 3.63) is 90.1 Å². The van der Waals surface area contributed by atoms with Gasteiger partial charge in [-0.25, -0.2) is 4.79 Å². The first-order valence-electron chi connectivity index (χ1n) is 16.5. The molecule has 9 heteroatoms. The van der Waals surface area contributed by atoms with E-state index in [1.165, 1.54) is 10.9 Å². The lowest BCUT2D eigenvalue weighted by Gasteiger charge is -2.40. The van der Waals surface area contributed by atoms with Crippen LogP contribution in [-0.2, 0) is 27.4 Å². The number of ether oxygens (including phenoxy) is 2. The molecule has 1 aromatic heterocycles. The van der Waals surface area contributed by atoms with Crippen molar-refractivity contribution >= 4 is 45.5 Å². The highest BCUT2D eigenvalue weighted by Gasteiger charge is 2.43. The van der Waals surface area contributed by atoms with Gasteiger partial charge in [-0.2, -0.15) is 0 Å². The van der Waals surface area contributed by atoms with Crippen molar-refractivity contribution in [3.8, 4) is 16.9 Å². The lowest BCUT2D eigenvalue weighted by molar-refractivity contribution is -0.139. The molecule has 2 amide bonds. The zero-order valence-corrected chi connectivity index (χ0v) is 29.6. The summed E-state index contributed by atoms with van der Waals surface area (Å²) in [5.41, 5.74) is 5.42. The molecule has 1 N–H and O–H groups in total. The van der Waals surface area contributed by atoms with E-state index in [-0.39, 0.29) is 29.7 Å². The molecular formula is C38H44IN3O5. The van der Waals surface area contributed by atoms with Crippen LogP contribution in [-0.4, -0.2) is 67.9 Å². The van der Waals surface area contributed by atoms with Crippen LogP contribution in [0.5, 0.6) is 5.75 Å². The maximum absolute atomic E-state index is 14.9. The minimum Gasteiger partial charge on any atom is -0.508 e. The molecule has 8 nitrogen and oxygen atoms in total. The highest BCUT2D eigenvalue weighted by Crippen LogP contribution is 2.40. The summed E-state index contributed by atoms with van der Waals surface area (Å²) in [4.78, 5) is 32.0. The van der Waals surface area contributed by atoms with Gasteiger partial charge in [-0.05, 0) is 108 Å². The topological polar surface area (TPSA) is 84.2 Å². The summed E-state index contributed by atoms with van der Waals surface area (Å²) in [6, 6.07) is 24.2. The third-order valence-corrected chi connectivity index (χ3v) is 9.48. The van der Waals surface area contributed by atoms with E-state index in [1.807, 2.05) is 32.0 Å². The number of aryl methyl sites for hydroxylation is 1. The van der Waals surface area contributed by atoms with Crippen LogP contribution in [0.3, 0.4) is 0 Å². The van der Waals surface area contributed by atoms with Crippen LogP contribution < -0.4 is 0 Å². The number of phenolic OH excluding ortho intramolecular Hbond substituents is 1. The number of piperidine rings is 1. The van der Waals surface area contributed by atoms with Crippen molar-refractivity contribution in [1.29, 1.82) is 0 Å². The molecule has 0 spiro atoms. The Bertz CT molecular complexity index is 1710. The van der Waals surface area contributed by atoms with Crippen LogP contribution >= 0.6 is 22.6 Å². The molecule has 0 bridgehead atoms. The number of likely N-dealkylation sites (tertiary alicyclic amines) is 1. The first kappa shape index (κ1) is 33.3. The lowest BCUT2D eigenvalue weighted by Crippen LogP contribution is -2.50. The van der Waals surface area contributed by atoms with Crippen LogP contribution in [0.15, 0.2) is 79.0 Å². The maximum Gasteiger partial charge on any atom is 0.411 e. The van der Waals surface area contributed by atoms with Crippen molar-refractivity contribution in [1.82, 2.24) is 14.4 Å². The van der Waals surface area contributed by atoms with Crippen LogP contribution in [0.25, 0.3) is 22.0 Å². The molecule has 3 aromatic carbocycles. The second kappa shape index (κ2) is 14.3. The zero-order chi connectivity index (χ0) is 33.1. The van der Waals surface area contributed by atoms with Crippen LogP contribution in [0.4, 0.5) is 4.79 Å². The molecule has 4 aromatic rings. The number of aromatic hydroxyl groups is 1. The Hall–Kier alpha value is -3.57. The number of para-hydroxylation sites is 1. The van der Waals surface area contributed by atoms with Crippen molar-refractivity contribution in [2.75, 3.05) is 26.8 Å². The molecule has 2 atom stereocenters. The molecule has 0 radical (unpaired) electrons. The Morgan fingerprint density at radius 2 is 1.77 bits per heavy atom. The SMILES string of the molecule is COCCCn1cc(CN(C(=O)[C@H]2CN(C(=O)OC(C)(C)I)CC[C@@H]2c2cccc(-c3ccc(O)cc3)c2)C2CC2)c2ccccc21. The van der Waals surface area contributed by atoms with Gasteiger partial charge in [-0.3, -0.25) is 4.79 Å². The third-order valence-electron chi connectivity index (χ3n) is 9.26. The number of hydrogen-bond donors (Lipinski definition) is 1. The number of halogens is 1. The highest BCUT2D eigenvalue weighted by molar-refractivity contribution is 14.1. The summed E-state index contributed by atoms with van der Waals surface area (Å²) < 4.78 is 12.7. The fourth-order valence-electron chi connectivity index (χ4n) is 6.82. The largest absolute Gasteiger partial charge is 0.508 e. The third kappa shape index (κ3) is 7.95. The van der Waals surface area contributed by atoms with E-state index in [9.17, 15) is 14.7 Å². The van der Waals surface area contributed by atoms with Gasteiger partial charge in [0.15, 0.2) is 3.61 Å². The van der Waals surface area contributed by atoms with E-state index in [2.05, 4.69) is 80.7 Å². The summed E-state index contributed by atoms with van der Waals surface area (Å²) in [5.74, 6) is -0.162. The number of nitrogens with zero attached hydrogens (tertiary/aromatic N) is 3. The fraction of sp³-hybridized carbons (Fsp3) is 0.421. The van der Waals surface area contributed by atoms with Gasteiger partial charge >= 0.3 is 6.09 Å². The predicted molar refractivity (Wildman–Crippen MR) is 193 cm³/mol. The van der Waals surface area contributed by atoms with Crippen molar-refractivity contribution in [2.24, 2.45) is 5.92 Å². The maximum atomic E-state index is 14.9. The van der Waals surface area contributed by atoms with E-state index < -0.39 is 9.53 Å². The first-order chi connectivity index (χ1) is 22.6. The van der Waals surface area contributed by atoms with Gasteiger partial charge < -0.3 is 28.9 Å². The summed E-state index contributed by atoms with van der Waals surface area (Å²) in [7, 11) is 1.73. The summed E-state index contributed by atoms with van der Waals surface area (Å²) >= 11 is 2.12. The number of rotatable bonds is 11. The second-order valence-electron chi connectivity index (χ2n) is 13.3. The smallest absolute Gasteiger partial charge is 0.411 e. The van der Waals surface area contributed by atoms with E-state index in [4.69, 9.17) is 9.47 Å². The van der Waals surface area contributed by atoms with Crippen LogP contribution in [0, 0.1) is 5.92 Å². The second-order valence-corrected chi connectivity index (χ2v) is 15.9. The Labute approximate surface area is 290 Å². The Morgan fingerprint density at radius 1 is 1.00 bits per heavy atom. The number of phenols is 1. The van der Waals surface area contributed by atoms with Gasteiger partial charge in [0.05, 0.1) is 5.92 Å². The molecule has 47 heavy (non-hydrogen) atoms. The van der Waals surface area contributed by atoms with E-state index in [0.29, 0.717) is 32.7 Å². The molecule has 2 heterocycles. The Morgan fingerprint density at radius 3 is 2.49 bits per heavy atom. The lowest BCUT2D eigenvalue weighted by atomic mass is 9.79. The number of fused-ring (bicyclic) bond motifs is 1. The molecule has 0 unspecified atom stereocenters. The van der Waals surface area contributed by atoms with E-state index >= 15 is 0 Å². The van der Waals surface area contributed by atoms with Crippen LogP contribution in [0.1, 0.15) is 56.6 Å². The normalized spacial score (nSPS) is 18.3. The molecule has 2 fully saturated rings. The van der Waals surface area contributed by atoms with Gasteiger partial charge in [0.1, 0.15) is 5.75 Å². The number of alkyl halides is 1. The summed E-state index contributed by atoms with van der Waals surface area (Å²) in [5, 5.41) is 11.0. The minimum atomic E-state index is -0.652. The van der Waals surface area contributed by atoms with Gasteiger partial charge in [-0.15, -0.1) is 0 Å². The Balaban J connectivity index is 1.32. The molecule has 1 aliphatic heterocycles. The van der Waals surface area contributed by atoms with Gasteiger partial charge in [0.25, 0.3) is 0 Å².